The van der Waals surface area contributed by atoms with Crippen molar-refractivity contribution in [1.82, 2.24) is 9.97 Å². The van der Waals surface area contributed by atoms with Gasteiger partial charge in [-0.25, -0.2) is 9.78 Å². The third kappa shape index (κ3) is 5.81. The molecule has 2 aromatic heterocycles. The molecule has 0 spiro atoms. The number of pyridine rings is 2. The zero-order valence-electron chi connectivity index (χ0n) is 11.2. The van der Waals surface area contributed by atoms with Crippen molar-refractivity contribution < 1.29 is 14.6 Å². The summed E-state index contributed by atoms with van der Waals surface area (Å²) in [6.07, 6.45) is 3.08. The molecule has 5 nitrogen and oxygen atoms in total. The van der Waals surface area contributed by atoms with E-state index in [0.717, 1.165) is 8.95 Å². The number of ether oxygens (including phenoxy) is 1. The van der Waals surface area contributed by atoms with Gasteiger partial charge in [0.15, 0.2) is 5.69 Å². The van der Waals surface area contributed by atoms with Crippen LogP contribution in [0.4, 0.5) is 0 Å². The molecule has 2 rings (SSSR count). The minimum Gasteiger partial charge on any atom is -0.464 e. The number of rotatable bonds is 2. The summed E-state index contributed by atoms with van der Waals surface area (Å²) in [5.74, 6) is -0.535. The van der Waals surface area contributed by atoms with Crippen molar-refractivity contribution in [1.29, 1.82) is 0 Å². The molecule has 118 valence electrons. The molecule has 22 heavy (non-hydrogen) atoms. The lowest BCUT2D eigenvalue weighted by Crippen LogP contribution is -2.04. The van der Waals surface area contributed by atoms with Gasteiger partial charge in [-0.1, -0.05) is 23.2 Å². The maximum Gasteiger partial charge on any atom is 0.358 e. The first-order valence-corrected chi connectivity index (χ1v) is 8.03. The third-order valence-electron chi connectivity index (χ3n) is 2.22. The van der Waals surface area contributed by atoms with E-state index in [1.807, 2.05) is 0 Å². The number of aliphatic hydroxyl groups excluding tert-OH is 1. The van der Waals surface area contributed by atoms with Crippen LogP contribution in [0.2, 0.25) is 10.0 Å². The first-order chi connectivity index (χ1) is 10.4. The van der Waals surface area contributed by atoms with Gasteiger partial charge in [0, 0.05) is 21.3 Å². The Balaban J connectivity index is 0.000000224. The average molecular weight is 473 g/mol. The first-order valence-electron chi connectivity index (χ1n) is 5.69. The molecule has 2 aromatic rings. The van der Waals surface area contributed by atoms with Crippen molar-refractivity contribution in [2.75, 3.05) is 7.11 Å². The Hall–Kier alpha value is -0.730. The number of hydrogen-bond donors (Lipinski definition) is 1. The SMILES string of the molecule is COC(=O)c1ncc(Br)cc1Cl.OCc1ncc(Br)cc1Cl. The summed E-state index contributed by atoms with van der Waals surface area (Å²) in [5, 5.41) is 9.40. The molecule has 0 atom stereocenters. The Morgan fingerprint density at radius 2 is 1.73 bits per heavy atom. The fourth-order valence-electron chi connectivity index (χ4n) is 1.22. The Bertz CT molecular complexity index is 672. The molecule has 0 bridgehead atoms. The Morgan fingerprint density at radius 1 is 1.18 bits per heavy atom. The van der Waals surface area contributed by atoms with Crippen molar-refractivity contribution in [2.45, 2.75) is 6.61 Å². The highest BCUT2D eigenvalue weighted by Gasteiger charge is 2.11. The summed E-state index contributed by atoms with van der Waals surface area (Å²) in [4.78, 5) is 18.6. The average Bonchev–Trinajstić information content (AvgIpc) is 2.47. The number of hydrogen-bond acceptors (Lipinski definition) is 5. The molecular formula is C13H10Br2Cl2N2O3. The summed E-state index contributed by atoms with van der Waals surface area (Å²) in [5.41, 5.74) is 0.632. The molecule has 0 aromatic carbocycles. The van der Waals surface area contributed by atoms with E-state index in [1.54, 1.807) is 18.3 Å². The first kappa shape index (κ1) is 19.3. The number of carbonyl (C=O) groups excluding carboxylic acids is 1. The molecule has 0 saturated heterocycles. The van der Waals surface area contributed by atoms with Gasteiger partial charge < -0.3 is 9.84 Å². The van der Waals surface area contributed by atoms with Crippen LogP contribution in [0.3, 0.4) is 0 Å². The zero-order chi connectivity index (χ0) is 16.7. The summed E-state index contributed by atoms with van der Waals surface area (Å²) in [6.45, 7) is -0.119. The van der Waals surface area contributed by atoms with Crippen LogP contribution in [-0.4, -0.2) is 28.2 Å². The van der Waals surface area contributed by atoms with Crippen molar-refractivity contribution in [3.05, 3.63) is 54.9 Å². The van der Waals surface area contributed by atoms with Gasteiger partial charge in [0.25, 0.3) is 0 Å². The molecule has 0 aliphatic rings. The van der Waals surface area contributed by atoms with Crippen molar-refractivity contribution >= 4 is 61.0 Å². The highest BCUT2D eigenvalue weighted by Crippen LogP contribution is 2.19. The quantitative estimate of drug-likeness (QED) is 0.661. The van der Waals surface area contributed by atoms with E-state index in [2.05, 4.69) is 46.6 Å². The van der Waals surface area contributed by atoms with E-state index >= 15 is 0 Å². The van der Waals surface area contributed by atoms with Gasteiger partial charge in [0.05, 0.1) is 29.5 Å². The monoisotopic (exact) mass is 470 g/mol. The Kier molecular flexibility index (Phi) is 8.27. The Morgan fingerprint density at radius 3 is 2.18 bits per heavy atom. The molecule has 0 aliphatic carbocycles. The lowest BCUT2D eigenvalue weighted by molar-refractivity contribution is 0.0594. The normalized spacial score (nSPS) is 9.73. The largest absolute Gasteiger partial charge is 0.464 e. The van der Waals surface area contributed by atoms with Crippen molar-refractivity contribution in [3.63, 3.8) is 0 Å². The van der Waals surface area contributed by atoms with Crippen LogP contribution in [0, 0.1) is 0 Å². The maximum atomic E-state index is 11.0. The lowest BCUT2D eigenvalue weighted by atomic mass is 10.3. The number of methoxy groups -OCH3 is 1. The van der Waals surface area contributed by atoms with Gasteiger partial charge in [-0.15, -0.1) is 0 Å². The van der Waals surface area contributed by atoms with Gasteiger partial charge in [0.2, 0.25) is 0 Å². The topological polar surface area (TPSA) is 72.3 Å². The van der Waals surface area contributed by atoms with Crippen molar-refractivity contribution in [3.8, 4) is 0 Å². The van der Waals surface area contributed by atoms with Crippen LogP contribution in [0.25, 0.3) is 0 Å². The van der Waals surface area contributed by atoms with E-state index in [0.29, 0.717) is 10.7 Å². The number of aliphatic hydroxyl groups is 1. The number of esters is 1. The van der Waals surface area contributed by atoms with Gasteiger partial charge in [-0.2, -0.15) is 0 Å². The summed E-state index contributed by atoms with van der Waals surface area (Å²) >= 11 is 17.8. The fourth-order valence-corrected chi connectivity index (χ4v) is 2.62. The van der Waals surface area contributed by atoms with E-state index in [-0.39, 0.29) is 17.3 Å². The predicted octanol–water partition coefficient (Wildman–Crippen LogP) is 4.27. The fraction of sp³-hybridized carbons (Fsp3) is 0.154. The third-order valence-corrected chi connectivity index (χ3v) is 3.70. The second kappa shape index (κ2) is 9.42. The molecule has 0 saturated carbocycles. The highest BCUT2D eigenvalue weighted by atomic mass is 79.9. The number of carbonyl (C=O) groups is 1. The van der Waals surface area contributed by atoms with Gasteiger partial charge in [-0.05, 0) is 44.0 Å². The molecular weight excluding hydrogens is 463 g/mol. The van der Waals surface area contributed by atoms with Crippen LogP contribution >= 0.6 is 55.1 Å². The molecule has 1 N–H and O–H groups in total. The van der Waals surface area contributed by atoms with Crippen LogP contribution in [0.5, 0.6) is 0 Å². The van der Waals surface area contributed by atoms with E-state index in [9.17, 15) is 4.79 Å². The summed E-state index contributed by atoms with van der Waals surface area (Å²) in [6, 6.07) is 3.28. The number of aromatic nitrogens is 2. The standard InChI is InChI=1S/C7H5BrClNO2.C6H5BrClNO/c1-12-7(11)6-5(9)2-4(8)3-10-6;7-4-1-5(8)6(3-10)9-2-4/h2-3H,1H3;1-2,10H,3H2. The summed E-state index contributed by atoms with van der Waals surface area (Å²) < 4.78 is 5.99. The lowest BCUT2D eigenvalue weighted by Gasteiger charge is -2.00. The van der Waals surface area contributed by atoms with Crippen LogP contribution in [0.1, 0.15) is 16.2 Å². The number of nitrogens with zero attached hydrogens (tertiary/aromatic N) is 2. The molecule has 0 aliphatic heterocycles. The van der Waals surface area contributed by atoms with Gasteiger partial charge in [0.1, 0.15) is 0 Å². The number of halogens is 4. The maximum absolute atomic E-state index is 11.0. The van der Waals surface area contributed by atoms with Gasteiger partial charge >= 0.3 is 5.97 Å². The molecule has 0 fully saturated rings. The van der Waals surface area contributed by atoms with Crippen LogP contribution in [-0.2, 0) is 11.3 Å². The second-order valence-corrected chi connectivity index (χ2v) is 6.36. The van der Waals surface area contributed by atoms with E-state index in [4.69, 9.17) is 28.3 Å². The van der Waals surface area contributed by atoms with E-state index < -0.39 is 5.97 Å². The zero-order valence-corrected chi connectivity index (χ0v) is 15.9. The van der Waals surface area contributed by atoms with Crippen LogP contribution in [0.15, 0.2) is 33.5 Å². The minimum absolute atomic E-state index is 0.119. The smallest absolute Gasteiger partial charge is 0.358 e. The van der Waals surface area contributed by atoms with Gasteiger partial charge in [-0.3, -0.25) is 4.98 Å². The van der Waals surface area contributed by atoms with Crippen molar-refractivity contribution in [2.24, 2.45) is 0 Å². The molecule has 0 amide bonds. The van der Waals surface area contributed by atoms with E-state index in [1.165, 1.54) is 13.3 Å². The predicted molar refractivity (Wildman–Crippen MR) is 91.2 cm³/mol. The minimum atomic E-state index is -0.535. The summed E-state index contributed by atoms with van der Waals surface area (Å²) in [7, 11) is 1.28. The van der Waals surface area contributed by atoms with Crippen LogP contribution < -0.4 is 0 Å². The molecule has 0 unspecified atom stereocenters. The Labute approximate surface area is 153 Å². The molecule has 2 heterocycles. The highest BCUT2D eigenvalue weighted by molar-refractivity contribution is 9.10. The second-order valence-electron chi connectivity index (χ2n) is 3.72. The molecule has 9 heteroatoms. The molecule has 0 radical (unpaired) electrons.